The second-order valence-corrected chi connectivity index (χ2v) is 6.72. The number of nitrogens with zero attached hydrogens (tertiary/aromatic N) is 1. The normalized spacial score (nSPS) is 25.4. The van der Waals surface area contributed by atoms with Gasteiger partial charge in [-0.3, -0.25) is 0 Å². The molecule has 2 aliphatic carbocycles. The number of benzene rings is 1. The van der Waals surface area contributed by atoms with Gasteiger partial charge in [0.1, 0.15) is 0 Å². The highest BCUT2D eigenvalue weighted by molar-refractivity contribution is 6.30. The molecule has 19 heavy (non-hydrogen) atoms. The molecule has 1 aromatic rings. The first-order chi connectivity index (χ1) is 9.13. The van der Waals surface area contributed by atoms with Crippen molar-refractivity contribution in [2.24, 2.45) is 11.8 Å². The van der Waals surface area contributed by atoms with E-state index in [0.29, 0.717) is 0 Å². The lowest BCUT2D eigenvalue weighted by atomic mass is 10.1. The molecule has 0 bridgehead atoms. The van der Waals surface area contributed by atoms with Crippen molar-refractivity contribution in [2.45, 2.75) is 38.8 Å². The third-order valence-electron chi connectivity index (χ3n) is 4.40. The largest absolute Gasteiger partial charge is 0.374 e. The number of hydrogen-bond acceptors (Lipinski definition) is 2. The molecule has 0 radical (unpaired) electrons. The molecular formula is C16H23ClN2. The predicted molar refractivity (Wildman–Crippen MR) is 81.9 cm³/mol. The molecule has 0 spiro atoms. The van der Waals surface area contributed by atoms with E-state index >= 15 is 0 Å². The average molecular weight is 279 g/mol. The first-order valence-corrected chi connectivity index (χ1v) is 7.74. The van der Waals surface area contributed by atoms with Crippen LogP contribution in [-0.4, -0.2) is 19.6 Å². The van der Waals surface area contributed by atoms with Crippen LogP contribution in [0.2, 0.25) is 5.02 Å². The molecule has 3 rings (SSSR count). The summed E-state index contributed by atoms with van der Waals surface area (Å²) in [4.78, 5) is 2.38. The highest BCUT2D eigenvalue weighted by Gasteiger charge is 2.33. The average Bonchev–Trinajstić information content (AvgIpc) is 3.28. The smallest absolute Gasteiger partial charge is 0.0426 e. The van der Waals surface area contributed by atoms with Crippen LogP contribution < -0.4 is 10.2 Å². The van der Waals surface area contributed by atoms with Crippen molar-refractivity contribution in [1.82, 2.24) is 5.32 Å². The summed E-state index contributed by atoms with van der Waals surface area (Å²) in [5.74, 6) is 1.77. The van der Waals surface area contributed by atoms with Crippen LogP contribution in [0.3, 0.4) is 0 Å². The predicted octanol–water partition coefficient (Wildman–Crippen LogP) is 3.68. The van der Waals surface area contributed by atoms with Gasteiger partial charge in [0.2, 0.25) is 0 Å². The first kappa shape index (κ1) is 13.3. The van der Waals surface area contributed by atoms with Gasteiger partial charge in [-0.2, -0.15) is 0 Å². The number of hydrogen-bond donors (Lipinski definition) is 1. The van der Waals surface area contributed by atoms with Gasteiger partial charge in [-0.1, -0.05) is 24.6 Å². The van der Waals surface area contributed by atoms with Crippen LogP contribution in [0.4, 0.5) is 5.69 Å². The highest BCUT2D eigenvalue weighted by atomic mass is 35.5. The molecule has 1 N–H and O–H groups in total. The van der Waals surface area contributed by atoms with Crippen molar-refractivity contribution < 1.29 is 0 Å². The molecule has 0 aliphatic heterocycles. The van der Waals surface area contributed by atoms with Gasteiger partial charge >= 0.3 is 0 Å². The van der Waals surface area contributed by atoms with Gasteiger partial charge in [0.25, 0.3) is 0 Å². The summed E-state index contributed by atoms with van der Waals surface area (Å²) in [7, 11) is 2.19. The van der Waals surface area contributed by atoms with E-state index in [1.807, 2.05) is 6.07 Å². The highest BCUT2D eigenvalue weighted by Crippen LogP contribution is 2.39. The third kappa shape index (κ3) is 3.43. The molecule has 2 saturated carbocycles. The minimum absolute atomic E-state index is 0.747. The first-order valence-electron chi connectivity index (χ1n) is 7.36. The van der Waals surface area contributed by atoms with Crippen LogP contribution >= 0.6 is 11.6 Å². The van der Waals surface area contributed by atoms with Crippen molar-refractivity contribution in [3.05, 3.63) is 28.8 Å². The van der Waals surface area contributed by atoms with Crippen LogP contribution in [0, 0.1) is 11.8 Å². The molecule has 0 amide bonds. The maximum absolute atomic E-state index is 6.17. The van der Waals surface area contributed by atoms with Gasteiger partial charge in [-0.05, 0) is 48.8 Å². The van der Waals surface area contributed by atoms with Crippen LogP contribution in [0.1, 0.15) is 31.7 Å². The topological polar surface area (TPSA) is 15.3 Å². The van der Waals surface area contributed by atoms with Crippen molar-refractivity contribution in [2.75, 3.05) is 18.5 Å². The van der Waals surface area contributed by atoms with Gasteiger partial charge in [-0.15, -0.1) is 0 Å². The number of nitrogens with one attached hydrogen (secondary N) is 1. The van der Waals surface area contributed by atoms with E-state index in [1.165, 1.54) is 30.5 Å². The Balaban J connectivity index is 1.70. The van der Waals surface area contributed by atoms with E-state index in [0.717, 1.165) is 36.0 Å². The van der Waals surface area contributed by atoms with Crippen LogP contribution in [0.5, 0.6) is 0 Å². The Labute approximate surface area is 121 Å². The van der Waals surface area contributed by atoms with Crippen LogP contribution in [0.25, 0.3) is 0 Å². The van der Waals surface area contributed by atoms with Gasteiger partial charge in [0.15, 0.2) is 0 Å². The van der Waals surface area contributed by atoms with Crippen LogP contribution in [0.15, 0.2) is 18.2 Å². The number of halogens is 1. The summed E-state index contributed by atoms with van der Waals surface area (Å²) in [6.45, 7) is 4.45. The second kappa shape index (κ2) is 5.34. The fourth-order valence-corrected chi connectivity index (χ4v) is 2.85. The minimum Gasteiger partial charge on any atom is -0.374 e. The molecule has 2 atom stereocenters. The van der Waals surface area contributed by atoms with Crippen molar-refractivity contribution in [3.8, 4) is 0 Å². The lowest BCUT2D eigenvalue weighted by molar-refractivity contribution is 0.679. The van der Waals surface area contributed by atoms with E-state index in [-0.39, 0.29) is 0 Å². The third-order valence-corrected chi connectivity index (χ3v) is 4.64. The maximum atomic E-state index is 6.17. The summed E-state index contributed by atoms with van der Waals surface area (Å²) in [5, 5.41) is 4.43. The lowest BCUT2D eigenvalue weighted by Crippen LogP contribution is -2.24. The Morgan fingerprint density at radius 3 is 2.74 bits per heavy atom. The summed E-state index contributed by atoms with van der Waals surface area (Å²) in [6, 6.07) is 7.03. The number of anilines is 1. The van der Waals surface area contributed by atoms with Crippen molar-refractivity contribution >= 4 is 17.3 Å². The Hall–Kier alpha value is -0.730. The van der Waals surface area contributed by atoms with E-state index in [9.17, 15) is 0 Å². The fraction of sp³-hybridized carbons (Fsp3) is 0.625. The van der Waals surface area contributed by atoms with Gasteiger partial charge < -0.3 is 10.2 Å². The summed E-state index contributed by atoms with van der Waals surface area (Å²) in [6.07, 6.45) is 4.04. The monoisotopic (exact) mass is 278 g/mol. The van der Waals surface area contributed by atoms with Crippen molar-refractivity contribution in [1.29, 1.82) is 0 Å². The number of rotatable bonds is 6. The lowest BCUT2D eigenvalue weighted by Gasteiger charge is -2.23. The molecule has 3 heteroatoms. The zero-order valence-electron chi connectivity index (χ0n) is 11.8. The molecule has 104 valence electrons. The van der Waals surface area contributed by atoms with Crippen molar-refractivity contribution in [3.63, 3.8) is 0 Å². The molecule has 2 aliphatic rings. The standard InChI is InChI=1S/C16H23ClN2/c1-11-7-13(11)10-19(2)16-8-14(17)4-3-12(16)9-18-15-5-6-15/h3-4,8,11,13,15,18H,5-7,9-10H2,1-2H3. The van der Waals surface area contributed by atoms with E-state index in [2.05, 4.69) is 36.3 Å². The molecule has 2 unspecified atom stereocenters. The maximum Gasteiger partial charge on any atom is 0.0426 e. The zero-order valence-corrected chi connectivity index (χ0v) is 12.6. The molecular weight excluding hydrogens is 256 g/mol. The SMILES string of the molecule is CC1CC1CN(C)c1cc(Cl)ccc1CNC1CC1. The minimum atomic E-state index is 0.747. The van der Waals surface area contributed by atoms with E-state index in [4.69, 9.17) is 11.6 Å². The molecule has 2 fully saturated rings. The van der Waals surface area contributed by atoms with Gasteiger partial charge in [0.05, 0.1) is 0 Å². The molecule has 0 aromatic heterocycles. The zero-order chi connectivity index (χ0) is 13.4. The molecule has 2 nitrogen and oxygen atoms in total. The van der Waals surface area contributed by atoms with E-state index < -0.39 is 0 Å². The summed E-state index contributed by atoms with van der Waals surface area (Å²) < 4.78 is 0. The van der Waals surface area contributed by atoms with Gasteiger partial charge in [0, 0.05) is 36.9 Å². The fourth-order valence-electron chi connectivity index (χ4n) is 2.69. The Kier molecular flexibility index (Phi) is 3.72. The quantitative estimate of drug-likeness (QED) is 0.854. The molecule has 1 aromatic carbocycles. The summed E-state index contributed by atoms with van der Waals surface area (Å²) >= 11 is 6.17. The Morgan fingerprint density at radius 2 is 2.11 bits per heavy atom. The second-order valence-electron chi connectivity index (χ2n) is 6.28. The Morgan fingerprint density at radius 1 is 1.37 bits per heavy atom. The summed E-state index contributed by atoms with van der Waals surface area (Å²) in [5.41, 5.74) is 2.66. The Bertz CT molecular complexity index is 456. The van der Waals surface area contributed by atoms with Crippen LogP contribution in [-0.2, 0) is 6.54 Å². The molecule has 0 saturated heterocycles. The van der Waals surface area contributed by atoms with E-state index in [1.54, 1.807) is 0 Å². The van der Waals surface area contributed by atoms with Gasteiger partial charge in [-0.25, -0.2) is 0 Å². The molecule has 0 heterocycles.